The summed E-state index contributed by atoms with van der Waals surface area (Å²) in [6.07, 6.45) is 2.43. The molecule has 0 heterocycles. The second-order valence-corrected chi connectivity index (χ2v) is 5.54. The average Bonchev–Trinajstić information content (AvgIpc) is 2.34. The molecule has 1 aromatic carbocycles. The lowest BCUT2D eigenvalue weighted by molar-refractivity contribution is 0.284. The lowest BCUT2D eigenvalue weighted by atomic mass is 9.82. The van der Waals surface area contributed by atoms with Gasteiger partial charge in [0.05, 0.1) is 6.04 Å². The maximum Gasteiger partial charge on any atom is 0.193 e. The van der Waals surface area contributed by atoms with Gasteiger partial charge in [0.25, 0.3) is 0 Å². The summed E-state index contributed by atoms with van der Waals surface area (Å²) < 4.78 is 0. The van der Waals surface area contributed by atoms with Crippen LogP contribution < -0.4 is 11.1 Å². The van der Waals surface area contributed by atoms with E-state index in [9.17, 15) is 0 Å². The zero-order valence-corrected chi connectivity index (χ0v) is 14.2. The van der Waals surface area contributed by atoms with E-state index < -0.39 is 0 Å². The van der Waals surface area contributed by atoms with E-state index in [0.29, 0.717) is 23.8 Å². The minimum atomic E-state index is 0. The Balaban J connectivity index is 0.00000180. The van der Waals surface area contributed by atoms with E-state index in [-0.39, 0.29) is 24.0 Å². The standard InChI is InChI=1S/C15H23N3.HI/c1-10(2)12-5-4-6-13(9-12)17-15(16)18-14-8-7-11(14)3;/h4-6,9-11,14H,7-8H2,1-3H3,(H3,16,17,18);1H. The normalized spacial score (nSPS) is 22.6. The summed E-state index contributed by atoms with van der Waals surface area (Å²) in [4.78, 5) is 4.52. The summed E-state index contributed by atoms with van der Waals surface area (Å²) in [5.74, 6) is 1.73. The number of nitrogens with two attached hydrogens (primary N) is 1. The summed E-state index contributed by atoms with van der Waals surface area (Å²) in [5.41, 5.74) is 8.28. The van der Waals surface area contributed by atoms with Crippen molar-refractivity contribution in [3.8, 4) is 0 Å². The number of rotatable bonds is 3. The second-order valence-electron chi connectivity index (χ2n) is 5.54. The molecule has 0 aliphatic heterocycles. The number of benzene rings is 1. The van der Waals surface area contributed by atoms with Crippen LogP contribution in [0, 0.1) is 5.92 Å². The second kappa shape index (κ2) is 7.12. The minimum absolute atomic E-state index is 0. The molecular formula is C15H24IN3. The van der Waals surface area contributed by atoms with E-state index in [1.807, 2.05) is 6.07 Å². The molecule has 0 radical (unpaired) electrons. The van der Waals surface area contributed by atoms with Gasteiger partial charge in [0.1, 0.15) is 0 Å². The third-order valence-corrected chi connectivity index (χ3v) is 3.71. The fraction of sp³-hybridized carbons (Fsp3) is 0.533. The van der Waals surface area contributed by atoms with Gasteiger partial charge in [0.15, 0.2) is 5.96 Å². The van der Waals surface area contributed by atoms with Crippen LogP contribution >= 0.6 is 24.0 Å². The summed E-state index contributed by atoms with van der Waals surface area (Å²) in [6.45, 7) is 6.60. The van der Waals surface area contributed by atoms with Crippen molar-refractivity contribution in [3.05, 3.63) is 29.8 Å². The van der Waals surface area contributed by atoms with Gasteiger partial charge in [-0.1, -0.05) is 32.9 Å². The number of anilines is 1. The van der Waals surface area contributed by atoms with Gasteiger partial charge < -0.3 is 11.1 Å². The first-order chi connectivity index (χ1) is 8.56. The number of hydrogen-bond acceptors (Lipinski definition) is 1. The number of hydrogen-bond donors (Lipinski definition) is 2. The Bertz CT molecular complexity index is 443. The van der Waals surface area contributed by atoms with Crippen LogP contribution in [0.2, 0.25) is 0 Å². The SMILES string of the molecule is CC(C)c1cccc(NC(N)=NC2CCC2C)c1.I. The molecule has 106 valence electrons. The molecule has 3 N–H and O–H groups in total. The Labute approximate surface area is 133 Å². The van der Waals surface area contributed by atoms with Gasteiger partial charge in [-0.05, 0) is 42.4 Å². The van der Waals surface area contributed by atoms with Crippen molar-refractivity contribution in [3.63, 3.8) is 0 Å². The number of aliphatic imine (C=N–C) groups is 1. The summed E-state index contributed by atoms with van der Waals surface area (Å²) in [7, 11) is 0. The molecule has 1 saturated carbocycles. The zero-order chi connectivity index (χ0) is 13.1. The monoisotopic (exact) mass is 373 g/mol. The molecule has 0 bridgehead atoms. The molecule has 0 amide bonds. The van der Waals surface area contributed by atoms with Gasteiger partial charge in [-0.25, -0.2) is 4.99 Å². The lowest BCUT2D eigenvalue weighted by Crippen LogP contribution is -2.32. The summed E-state index contributed by atoms with van der Waals surface area (Å²) in [6, 6.07) is 8.76. The van der Waals surface area contributed by atoms with Crippen molar-refractivity contribution in [1.29, 1.82) is 0 Å². The smallest absolute Gasteiger partial charge is 0.193 e. The van der Waals surface area contributed by atoms with E-state index >= 15 is 0 Å². The molecule has 2 unspecified atom stereocenters. The number of guanidine groups is 1. The van der Waals surface area contributed by atoms with Crippen LogP contribution in [-0.4, -0.2) is 12.0 Å². The van der Waals surface area contributed by atoms with Gasteiger partial charge in [-0.2, -0.15) is 0 Å². The highest BCUT2D eigenvalue weighted by Gasteiger charge is 2.26. The van der Waals surface area contributed by atoms with Crippen LogP contribution in [0.3, 0.4) is 0 Å². The van der Waals surface area contributed by atoms with E-state index in [1.165, 1.54) is 12.0 Å². The van der Waals surface area contributed by atoms with Gasteiger partial charge in [-0.3, -0.25) is 0 Å². The van der Waals surface area contributed by atoms with Crippen LogP contribution in [0.25, 0.3) is 0 Å². The molecule has 4 heteroatoms. The molecule has 2 atom stereocenters. The van der Waals surface area contributed by atoms with Gasteiger partial charge >= 0.3 is 0 Å². The molecule has 0 saturated heterocycles. The highest BCUT2D eigenvalue weighted by Crippen LogP contribution is 2.29. The van der Waals surface area contributed by atoms with Gasteiger partial charge in [-0.15, -0.1) is 24.0 Å². The van der Waals surface area contributed by atoms with Crippen molar-refractivity contribution in [2.45, 2.75) is 45.6 Å². The molecule has 1 fully saturated rings. The van der Waals surface area contributed by atoms with Gasteiger partial charge in [0, 0.05) is 5.69 Å². The molecule has 0 spiro atoms. The predicted octanol–water partition coefficient (Wildman–Crippen LogP) is 3.95. The molecule has 2 rings (SSSR count). The minimum Gasteiger partial charge on any atom is -0.370 e. The number of nitrogens with zero attached hydrogens (tertiary/aromatic N) is 1. The fourth-order valence-corrected chi connectivity index (χ4v) is 2.18. The average molecular weight is 373 g/mol. The van der Waals surface area contributed by atoms with E-state index in [1.54, 1.807) is 0 Å². The van der Waals surface area contributed by atoms with Gasteiger partial charge in [0.2, 0.25) is 0 Å². The molecule has 1 aromatic rings. The van der Waals surface area contributed by atoms with Crippen LogP contribution in [0.5, 0.6) is 0 Å². The number of halogens is 1. The predicted molar refractivity (Wildman–Crippen MR) is 93.4 cm³/mol. The van der Waals surface area contributed by atoms with Crippen LogP contribution in [0.4, 0.5) is 5.69 Å². The van der Waals surface area contributed by atoms with Crippen molar-refractivity contribution in [1.82, 2.24) is 0 Å². The molecule has 1 aliphatic carbocycles. The Kier molecular flexibility index (Phi) is 6.10. The lowest BCUT2D eigenvalue weighted by Gasteiger charge is -2.30. The van der Waals surface area contributed by atoms with E-state index in [4.69, 9.17) is 5.73 Å². The molecular weight excluding hydrogens is 349 g/mol. The first kappa shape index (κ1) is 16.3. The van der Waals surface area contributed by atoms with Crippen molar-refractivity contribution < 1.29 is 0 Å². The largest absolute Gasteiger partial charge is 0.370 e. The van der Waals surface area contributed by atoms with Crippen LogP contribution in [0.15, 0.2) is 29.3 Å². The Morgan fingerprint density at radius 2 is 2.11 bits per heavy atom. The van der Waals surface area contributed by atoms with Crippen LogP contribution in [-0.2, 0) is 0 Å². The third-order valence-electron chi connectivity index (χ3n) is 3.71. The molecule has 0 aromatic heterocycles. The summed E-state index contributed by atoms with van der Waals surface area (Å²) >= 11 is 0. The quantitative estimate of drug-likeness (QED) is 0.479. The van der Waals surface area contributed by atoms with E-state index in [0.717, 1.165) is 12.1 Å². The maximum atomic E-state index is 5.94. The first-order valence-corrected chi connectivity index (χ1v) is 6.76. The highest BCUT2D eigenvalue weighted by molar-refractivity contribution is 14.0. The van der Waals surface area contributed by atoms with E-state index in [2.05, 4.69) is 49.3 Å². The summed E-state index contributed by atoms with van der Waals surface area (Å²) in [5, 5.41) is 3.18. The Hall–Kier alpha value is -0.780. The Morgan fingerprint density at radius 1 is 1.37 bits per heavy atom. The zero-order valence-electron chi connectivity index (χ0n) is 11.9. The van der Waals surface area contributed by atoms with Crippen molar-refractivity contribution in [2.75, 3.05) is 5.32 Å². The Morgan fingerprint density at radius 3 is 2.63 bits per heavy atom. The highest BCUT2D eigenvalue weighted by atomic mass is 127. The van der Waals surface area contributed by atoms with Crippen molar-refractivity contribution >= 4 is 35.6 Å². The first-order valence-electron chi connectivity index (χ1n) is 6.76. The fourth-order valence-electron chi connectivity index (χ4n) is 2.18. The maximum absolute atomic E-state index is 5.94. The number of nitrogens with one attached hydrogen (secondary N) is 1. The van der Waals surface area contributed by atoms with Crippen molar-refractivity contribution in [2.24, 2.45) is 16.6 Å². The molecule has 1 aliphatic rings. The topological polar surface area (TPSA) is 50.4 Å². The molecule has 3 nitrogen and oxygen atoms in total. The van der Waals surface area contributed by atoms with Crippen LogP contribution in [0.1, 0.15) is 45.1 Å². The molecule has 19 heavy (non-hydrogen) atoms. The third kappa shape index (κ3) is 4.37.